The van der Waals surface area contributed by atoms with Crippen LogP contribution in [0.25, 0.3) is 5.69 Å². The maximum absolute atomic E-state index is 8.67. The molecule has 0 spiro atoms. The van der Waals surface area contributed by atoms with Gasteiger partial charge in [0.05, 0.1) is 24.4 Å². The minimum atomic E-state index is 0.414. The van der Waals surface area contributed by atoms with Gasteiger partial charge < -0.3 is 0 Å². The molecule has 0 amide bonds. The number of benzene rings is 1. The van der Waals surface area contributed by atoms with Crippen molar-refractivity contribution < 1.29 is 0 Å². The summed E-state index contributed by atoms with van der Waals surface area (Å²) in [6.45, 7) is 4.04. The second-order valence-corrected chi connectivity index (χ2v) is 3.84. The van der Waals surface area contributed by atoms with Gasteiger partial charge in [-0.05, 0) is 26.0 Å². The third-order valence-electron chi connectivity index (χ3n) is 2.66. The Morgan fingerprint density at radius 1 is 1.25 bits per heavy atom. The Hall–Kier alpha value is -2.08. The molecule has 0 aliphatic heterocycles. The molecule has 2 rings (SSSR count). The van der Waals surface area contributed by atoms with Crippen LogP contribution in [0.15, 0.2) is 30.5 Å². The topological polar surface area (TPSA) is 41.6 Å². The van der Waals surface area contributed by atoms with Gasteiger partial charge in [0.15, 0.2) is 0 Å². The lowest BCUT2D eigenvalue weighted by molar-refractivity contribution is 0.844. The molecule has 1 aromatic carbocycles. The largest absolute Gasteiger partial charge is 0.238 e. The monoisotopic (exact) mass is 211 g/mol. The van der Waals surface area contributed by atoms with Gasteiger partial charge in [-0.1, -0.05) is 17.7 Å². The molecule has 1 aromatic heterocycles. The number of hydrogen-bond acceptors (Lipinski definition) is 2. The zero-order valence-corrected chi connectivity index (χ0v) is 9.44. The molecule has 0 atom stereocenters. The van der Waals surface area contributed by atoms with Crippen LogP contribution < -0.4 is 0 Å². The minimum Gasteiger partial charge on any atom is -0.238 e. The van der Waals surface area contributed by atoms with E-state index in [0.717, 1.165) is 16.9 Å². The van der Waals surface area contributed by atoms with Crippen LogP contribution in [0.1, 0.15) is 16.8 Å². The molecule has 16 heavy (non-hydrogen) atoms. The molecular formula is C13H13N3. The van der Waals surface area contributed by atoms with E-state index in [-0.39, 0.29) is 0 Å². The van der Waals surface area contributed by atoms with Crippen molar-refractivity contribution in [3.63, 3.8) is 0 Å². The Labute approximate surface area is 94.9 Å². The lowest BCUT2D eigenvalue weighted by Crippen LogP contribution is -1.99. The molecule has 0 fully saturated rings. The zero-order chi connectivity index (χ0) is 11.5. The van der Waals surface area contributed by atoms with E-state index in [2.05, 4.69) is 30.2 Å². The fourth-order valence-electron chi connectivity index (χ4n) is 1.65. The molecule has 0 aliphatic rings. The summed E-state index contributed by atoms with van der Waals surface area (Å²) in [5.41, 5.74) is 4.28. The van der Waals surface area contributed by atoms with Gasteiger partial charge in [-0.3, -0.25) is 0 Å². The summed E-state index contributed by atoms with van der Waals surface area (Å²) in [7, 11) is 0. The van der Waals surface area contributed by atoms with Crippen LogP contribution in [0.4, 0.5) is 0 Å². The summed E-state index contributed by atoms with van der Waals surface area (Å²) >= 11 is 0. The van der Waals surface area contributed by atoms with Crippen molar-refractivity contribution in [3.8, 4) is 11.8 Å². The highest BCUT2D eigenvalue weighted by molar-refractivity contribution is 5.37. The third kappa shape index (κ3) is 1.82. The van der Waals surface area contributed by atoms with Crippen LogP contribution in [0.3, 0.4) is 0 Å². The quantitative estimate of drug-likeness (QED) is 0.766. The highest BCUT2D eigenvalue weighted by Crippen LogP contribution is 2.14. The van der Waals surface area contributed by atoms with E-state index in [9.17, 15) is 0 Å². The van der Waals surface area contributed by atoms with Crippen LogP contribution in [0, 0.1) is 25.2 Å². The highest BCUT2D eigenvalue weighted by atomic mass is 15.3. The predicted molar refractivity (Wildman–Crippen MR) is 62.4 cm³/mol. The van der Waals surface area contributed by atoms with Crippen molar-refractivity contribution in [2.75, 3.05) is 0 Å². The minimum absolute atomic E-state index is 0.414. The SMILES string of the molecule is Cc1ccc(-n2ncc(CC#N)c2C)cc1. The van der Waals surface area contributed by atoms with Crippen LogP contribution in [-0.2, 0) is 6.42 Å². The van der Waals surface area contributed by atoms with E-state index in [0.29, 0.717) is 6.42 Å². The highest BCUT2D eigenvalue weighted by Gasteiger charge is 2.06. The summed E-state index contributed by atoms with van der Waals surface area (Å²) in [6, 6.07) is 10.3. The zero-order valence-electron chi connectivity index (χ0n) is 9.44. The molecule has 0 aliphatic carbocycles. The van der Waals surface area contributed by atoms with Crippen molar-refractivity contribution >= 4 is 0 Å². The average Bonchev–Trinajstić information content (AvgIpc) is 2.63. The average molecular weight is 211 g/mol. The first kappa shape index (κ1) is 10.4. The molecule has 0 radical (unpaired) electrons. The van der Waals surface area contributed by atoms with Gasteiger partial charge in [0.2, 0.25) is 0 Å². The van der Waals surface area contributed by atoms with Gasteiger partial charge in [-0.25, -0.2) is 4.68 Å². The molecule has 0 bridgehead atoms. The molecule has 3 heteroatoms. The Morgan fingerprint density at radius 2 is 1.94 bits per heavy atom. The first-order valence-corrected chi connectivity index (χ1v) is 5.20. The maximum atomic E-state index is 8.67. The molecule has 1 heterocycles. The van der Waals surface area contributed by atoms with Gasteiger partial charge in [0, 0.05) is 11.3 Å². The lowest BCUT2D eigenvalue weighted by Gasteiger charge is -2.04. The summed E-state index contributed by atoms with van der Waals surface area (Å²) in [5, 5.41) is 13.0. The molecule has 3 nitrogen and oxygen atoms in total. The molecular weight excluding hydrogens is 198 g/mol. The van der Waals surface area contributed by atoms with Gasteiger partial charge in [-0.2, -0.15) is 10.4 Å². The maximum Gasteiger partial charge on any atom is 0.0671 e. The van der Waals surface area contributed by atoms with Gasteiger partial charge in [0.1, 0.15) is 0 Å². The second-order valence-electron chi connectivity index (χ2n) is 3.84. The number of aryl methyl sites for hydroxylation is 1. The van der Waals surface area contributed by atoms with E-state index in [1.165, 1.54) is 5.56 Å². The number of nitriles is 1. The normalized spacial score (nSPS) is 10.1. The Balaban J connectivity index is 2.42. The summed E-state index contributed by atoms with van der Waals surface area (Å²) < 4.78 is 1.87. The van der Waals surface area contributed by atoms with Crippen molar-refractivity contribution in [2.24, 2.45) is 0 Å². The van der Waals surface area contributed by atoms with E-state index < -0.39 is 0 Å². The van der Waals surface area contributed by atoms with Crippen molar-refractivity contribution in [1.29, 1.82) is 5.26 Å². The van der Waals surface area contributed by atoms with Gasteiger partial charge >= 0.3 is 0 Å². The molecule has 2 aromatic rings. The Kier molecular flexibility index (Phi) is 2.74. The van der Waals surface area contributed by atoms with Gasteiger partial charge in [0.25, 0.3) is 0 Å². The van der Waals surface area contributed by atoms with E-state index >= 15 is 0 Å². The first-order chi connectivity index (χ1) is 7.72. The number of nitrogens with zero attached hydrogens (tertiary/aromatic N) is 3. The summed E-state index contributed by atoms with van der Waals surface area (Å²) in [6.07, 6.45) is 2.18. The lowest BCUT2D eigenvalue weighted by atomic mass is 10.2. The Morgan fingerprint density at radius 3 is 2.56 bits per heavy atom. The summed E-state index contributed by atoms with van der Waals surface area (Å²) in [4.78, 5) is 0. The second kappa shape index (κ2) is 4.19. The summed E-state index contributed by atoms with van der Waals surface area (Å²) in [5.74, 6) is 0. The van der Waals surface area contributed by atoms with Crippen LogP contribution in [0.2, 0.25) is 0 Å². The molecule has 80 valence electrons. The van der Waals surface area contributed by atoms with E-state index in [1.807, 2.05) is 23.7 Å². The van der Waals surface area contributed by atoms with E-state index in [1.54, 1.807) is 6.20 Å². The third-order valence-corrected chi connectivity index (χ3v) is 2.66. The first-order valence-electron chi connectivity index (χ1n) is 5.20. The van der Waals surface area contributed by atoms with E-state index in [4.69, 9.17) is 5.26 Å². The standard InChI is InChI=1S/C13H13N3/c1-10-3-5-13(6-4-10)16-11(2)12(7-8-14)9-15-16/h3-6,9H,7H2,1-2H3. The van der Waals surface area contributed by atoms with Crippen molar-refractivity contribution in [1.82, 2.24) is 9.78 Å². The van der Waals surface area contributed by atoms with Crippen molar-refractivity contribution in [3.05, 3.63) is 47.3 Å². The fourth-order valence-corrected chi connectivity index (χ4v) is 1.65. The predicted octanol–water partition coefficient (Wildman–Crippen LogP) is 2.56. The molecule has 0 saturated heterocycles. The number of rotatable bonds is 2. The molecule has 0 N–H and O–H groups in total. The molecule has 0 unspecified atom stereocenters. The Bertz CT molecular complexity index is 529. The van der Waals surface area contributed by atoms with Crippen LogP contribution in [-0.4, -0.2) is 9.78 Å². The van der Waals surface area contributed by atoms with Gasteiger partial charge in [-0.15, -0.1) is 0 Å². The number of aromatic nitrogens is 2. The smallest absolute Gasteiger partial charge is 0.0671 e. The fraction of sp³-hybridized carbons (Fsp3) is 0.231. The van der Waals surface area contributed by atoms with Crippen LogP contribution >= 0.6 is 0 Å². The number of hydrogen-bond donors (Lipinski definition) is 0. The molecule has 0 saturated carbocycles. The van der Waals surface area contributed by atoms with Crippen LogP contribution in [0.5, 0.6) is 0 Å². The van der Waals surface area contributed by atoms with Crippen molar-refractivity contribution in [2.45, 2.75) is 20.3 Å².